The third kappa shape index (κ3) is 4.00. The molecule has 0 spiro atoms. The highest BCUT2D eigenvalue weighted by Gasteiger charge is 2.20. The molecule has 0 atom stereocenters. The topological polar surface area (TPSA) is 61.3 Å². The maximum atomic E-state index is 9.67. The normalized spacial score (nSPS) is 16.1. The Kier molecular flexibility index (Phi) is 5.13. The summed E-state index contributed by atoms with van der Waals surface area (Å²) in [7, 11) is 0. The number of thiazole rings is 1. The zero-order valence-corrected chi connectivity index (χ0v) is 14.5. The summed E-state index contributed by atoms with van der Waals surface area (Å²) in [5.41, 5.74) is 1.04. The summed E-state index contributed by atoms with van der Waals surface area (Å²) in [6.45, 7) is 6.80. The standard InChI is InChI=1S/C17H24N4OS/c1-12(2)17-20-11-14(23-17)10-19-15-4-3-7-18-16(15)21-8-5-13(22)6-9-21/h3-4,7,11-13,19,22H,5-6,8-10H2,1-2H3. The van der Waals surface area contributed by atoms with Gasteiger partial charge in [0, 0.05) is 36.3 Å². The van der Waals surface area contributed by atoms with Crippen molar-refractivity contribution in [2.45, 2.75) is 45.3 Å². The van der Waals surface area contributed by atoms with Crippen LogP contribution in [0.3, 0.4) is 0 Å². The molecule has 3 rings (SSSR count). The molecule has 1 aliphatic rings. The number of rotatable bonds is 5. The first-order valence-electron chi connectivity index (χ1n) is 8.20. The molecule has 0 aromatic carbocycles. The van der Waals surface area contributed by atoms with E-state index in [9.17, 15) is 5.11 Å². The fourth-order valence-electron chi connectivity index (χ4n) is 2.72. The van der Waals surface area contributed by atoms with Crippen LogP contribution in [0, 0.1) is 0 Å². The summed E-state index contributed by atoms with van der Waals surface area (Å²) in [5, 5.41) is 14.3. The van der Waals surface area contributed by atoms with Gasteiger partial charge in [-0.05, 0) is 25.0 Å². The number of hydrogen-bond donors (Lipinski definition) is 2. The molecule has 1 aliphatic heterocycles. The van der Waals surface area contributed by atoms with Crippen molar-refractivity contribution in [1.29, 1.82) is 0 Å². The molecular weight excluding hydrogens is 308 g/mol. The number of aliphatic hydroxyl groups excluding tert-OH is 1. The predicted molar refractivity (Wildman–Crippen MR) is 95.2 cm³/mol. The first kappa shape index (κ1) is 16.2. The van der Waals surface area contributed by atoms with Crippen molar-refractivity contribution in [2.24, 2.45) is 0 Å². The molecule has 124 valence electrons. The lowest BCUT2D eigenvalue weighted by atomic mass is 10.1. The Morgan fingerprint density at radius 3 is 2.83 bits per heavy atom. The molecule has 2 aromatic heterocycles. The van der Waals surface area contributed by atoms with Crippen molar-refractivity contribution in [3.8, 4) is 0 Å². The van der Waals surface area contributed by atoms with E-state index in [2.05, 4.69) is 40.1 Å². The third-order valence-electron chi connectivity index (χ3n) is 4.07. The van der Waals surface area contributed by atoms with Gasteiger partial charge in [-0.3, -0.25) is 0 Å². The summed E-state index contributed by atoms with van der Waals surface area (Å²) in [4.78, 5) is 12.5. The Balaban J connectivity index is 1.68. The fourth-order valence-corrected chi connectivity index (χ4v) is 3.58. The molecule has 0 amide bonds. The van der Waals surface area contributed by atoms with Gasteiger partial charge in [0.2, 0.25) is 0 Å². The molecule has 0 saturated carbocycles. The zero-order valence-electron chi connectivity index (χ0n) is 13.7. The number of hydrogen-bond acceptors (Lipinski definition) is 6. The minimum atomic E-state index is -0.169. The average Bonchev–Trinajstić information content (AvgIpc) is 3.03. The van der Waals surface area contributed by atoms with E-state index in [1.54, 1.807) is 11.3 Å². The van der Waals surface area contributed by atoms with Crippen LogP contribution >= 0.6 is 11.3 Å². The van der Waals surface area contributed by atoms with Crippen molar-refractivity contribution >= 4 is 22.8 Å². The summed E-state index contributed by atoms with van der Waals surface area (Å²) >= 11 is 1.76. The molecule has 23 heavy (non-hydrogen) atoms. The molecule has 1 saturated heterocycles. The number of anilines is 2. The van der Waals surface area contributed by atoms with Crippen LogP contribution in [0.5, 0.6) is 0 Å². The van der Waals surface area contributed by atoms with Gasteiger partial charge in [0.1, 0.15) is 0 Å². The van der Waals surface area contributed by atoms with Crippen molar-refractivity contribution in [1.82, 2.24) is 9.97 Å². The number of aromatic nitrogens is 2. The SMILES string of the molecule is CC(C)c1ncc(CNc2cccnc2N2CCC(O)CC2)s1. The van der Waals surface area contributed by atoms with Crippen molar-refractivity contribution in [2.75, 3.05) is 23.3 Å². The first-order chi connectivity index (χ1) is 11.1. The molecular formula is C17H24N4OS. The summed E-state index contributed by atoms with van der Waals surface area (Å²) < 4.78 is 0. The maximum Gasteiger partial charge on any atom is 0.151 e. The van der Waals surface area contributed by atoms with E-state index in [0.29, 0.717) is 5.92 Å². The second-order valence-corrected chi connectivity index (χ2v) is 7.41. The maximum absolute atomic E-state index is 9.67. The largest absolute Gasteiger partial charge is 0.393 e. The van der Waals surface area contributed by atoms with Crippen LogP contribution in [0.4, 0.5) is 11.5 Å². The minimum Gasteiger partial charge on any atom is -0.393 e. The molecule has 0 aliphatic carbocycles. The van der Waals surface area contributed by atoms with Gasteiger partial charge in [0.15, 0.2) is 5.82 Å². The summed E-state index contributed by atoms with van der Waals surface area (Å²) in [6.07, 6.45) is 5.23. The lowest BCUT2D eigenvalue weighted by molar-refractivity contribution is 0.145. The van der Waals surface area contributed by atoms with E-state index < -0.39 is 0 Å². The Hall–Kier alpha value is -1.66. The van der Waals surface area contributed by atoms with E-state index in [4.69, 9.17) is 0 Å². The zero-order chi connectivity index (χ0) is 16.2. The highest BCUT2D eigenvalue weighted by molar-refractivity contribution is 7.11. The fraction of sp³-hybridized carbons (Fsp3) is 0.529. The molecule has 0 bridgehead atoms. The van der Waals surface area contributed by atoms with Gasteiger partial charge in [-0.25, -0.2) is 9.97 Å². The number of piperidine rings is 1. The second-order valence-electron chi connectivity index (χ2n) is 6.27. The Morgan fingerprint density at radius 1 is 1.35 bits per heavy atom. The van der Waals surface area contributed by atoms with Gasteiger partial charge in [-0.1, -0.05) is 13.8 Å². The molecule has 2 N–H and O–H groups in total. The smallest absolute Gasteiger partial charge is 0.151 e. The van der Waals surface area contributed by atoms with Gasteiger partial charge in [0.05, 0.1) is 23.3 Å². The lowest BCUT2D eigenvalue weighted by Crippen LogP contribution is -2.36. The molecule has 5 nitrogen and oxygen atoms in total. The van der Waals surface area contributed by atoms with E-state index >= 15 is 0 Å². The van der Waals surface area contributed by atoms with Crippen LogP contribution in [0.15, 0.2) is 24.5 Å². The van der Waals surface area contributed by atoms with Crippen LogP contribution < -0.4 is 10.2 Å². The van der Waals surface area contributed by atoms with Gasteiger partial charge in [-0.2, -0.15) is 0 Å². The monoisotopic (exact) mass is 332 g/mol. The Bertz CT molecular complexity index is 635. The summed E-state index contributed by atoms with van der Waals surface area (Å²) in [5.74, 6) is 1.45. The van der Waals surface area contributed by atoms with Crippen LogP contribution in [-0.2, 0) is 6.54 Å². The van der Waals surface area contributed by atoms with Crippen LogP contribution in [-0.4, -0.2) is 34.3 Å². The van der Waals surface area contributed by atoms with Crippen LogP contribution in [0.25, 0.3) is 0 Å². The van der Waals surface area contributed by atoms with Gasteiger partial charge in [0.25, 0.3) is 0 Å². The quantitative estimate of drug-likeness (QED) is 0.880. The molecule has 2 aromatic rings. The second kappa shape index (κ2) is 7.27. The molecule has 0 radical (unpaired) electrons. The van der Waals surface area contributed by atoms with E-state index in [-0.39, 0.29) is 6.10 Å². The third-order valence-corrected chi connectivity index (χ3v) is 5.37. The average molecular weight is 332 g/mol. The minimum absolute atomic E-state index is 0.169. The number of aliphatic hydroxyl groups is 1. The molecule has 1 fully saturated rings. The van der Waals surface area contributed by atoms with Gasteiger partial charge in [-0.15, -0.1) is 11.3 Å². The first-order valence-corrected chi connectivity index (χ1v) is 9.01. The molecule has 3 heterocycles. The molecule has 0 unspecified atom stereocenters. The van der Waals surface area contributed by atoms with Gasteiger partial charge >= 0.3 is 0 Å². The highest BCUT2D eigenvalue weighted by Crippen LogP contribution is 2.27. The van der Waals surface area contributed by atoms with E-state index in [1.165, 1.54) is 9.88 Å². The predicted octanol–water partition coefficient (Wildman–Crippen LogP) is 3.23. The molecule has 6 heteroatoms. The Labute approximate surface area is 141 Å². The lowest BCUT2D eigenvalue weighted by Gasteiger charge is -2.31. The Morgan fingerprint density at radius 2 is 2.13 bits per heavy atom. The van der Waals surface area contributed by atoms with Crippen molar-refractivity contribution in [3.63, 3.8) is 0 Å². The van der Waals surface area contributed by atoms with E-state index in [0.717, 1.165) is 44.0 Å². The van der Waals surface area contributed by atoms with E-state index in [1.807, 2.05) is 18.5 Å². The number of nitrogens with one attached hydrogen (secondary N) is 1. The van der Waals surface area contributed by atoms with Gasteiger partial charge < -0.3 is 15.3 Å². The number of pyridine rings is 1. The highest BCUT2D eigenvalue weighted by atomic mass is 32.1. The summed E-state index contributed by atoms with van der Waals surface area (Å²) in [6, 6.07) is 4.02. The number of nitrogens with zero attached hydrogens (tertiary/aromatic N) is 3. The van der Waals surface area contributed by atoms with Crippen molar-refractivity contribution in [3.05, 3.63) is 34.4 Å². The van der Waals surface area contributed by atoms with Crippen LogP contribution in [0.1, 0.15) is 42.5 Å². The van der Waals surface area contributed by atoms with Crippen LogP contribution in [0.2, 0.25) is 0 Å². The van der Waals surface area contributed by atoms with Crippen molar-refractivity contribution < 1.29 is 5.11 Å².